The highest BCUT2D eigenvalue weighted by atomic mass is 16.2. The lowest BCUT2D eigenvalue weighted by Crippen LogP contribution is -2.43. The van der Waals surface area contributed by atoms with E-state index >= 15 is 0 Å². The number of pyridine rings is 1. The fourth-order valence-electron chi connectivity index (χ4n) is 1.47. The van der Waals surface area contributed by atoms with Gasteiger partial charge in [0.2, 0.25) is 0 Å². The lowest BCUT2D eigenvalue weighted by atomic mass is 10.0. The van der Waals surface area contributed by atoms with Crippen molar-refractivity contribution in [1.29, 1.82) is 0 Å². The minimum absolute atomic E-state index is 0.0302. The fraction of sp³-hybridized carbons (Fsp3) is 0.417. The Morgan fingerprint density at radius 2 is 1.81 bits per heavy atom. The number of hydrogen-bond acceptors (Lipinski definition) is 3. The summed E-state index contributed by atoms with van der Waals surface area (Å²) in [7, 11) is 0. The van der Waals surface area contributed by atoms with Gasteiger partial charge in [-0.2, -0.15) is 0 Å². The van der Waals surface area contributed by atoms with Crippen LogP contribution in [0.5, 0.6) is 0 Å². The first kappa shape index (κ1) is 12.4. The third-order valence-electron chi connectivity index (χ3n) is 2.33. The molecule has 0 aliphatic heterocycles. The van der Waals surface area contributed by atoms with Gasteiger partial charge >= 0.3 is 0 Å². The number of carbonyl (C=O) groups is 2. The van der Waals surface area contributed by atoms with Gasteiger partial charge in [-0.1, -0.05) is 13.8 Å². The van der Waals surface area contributed by atoms with Crippen LogP contribution in [-0.4, -0.2) is 22.7 Å². The molecule has 0 bridgehead atoms. The van der Waals surface area contributed by atoms with Crippen molar-refractivity contribution in [2.24, 2.45) is 5.92 Å². The predicted molar refractivity (Wildman–Crippen MR) is 61.0 cm³/mol. The predicted octanol–water partition coefficient (Wildman–Crippen LogP) is 1.42. The Kier molecular flexibility index (Phi) is 4.17. The van der Waals surface area contributed by atoms with E-state index in [1.807, 2.05) is 13.8 Å². The molecule has 0 saturated carbocycles. The van der Waals surface area contributed by atoms with Gasteiger partial charge in [-0.25, -0.2) is 0 Å². The fourth-order valence-corrected chi connectivity index (χ4v) is 1.47. The molecule has 1 amide bonds. The van der Waals surface area contributed by atoms with Crippen molar-refractivity contribution < 1.29 is 9.59 Å². The number of hydrogen-bond donors (Lipinski definition) is 1. The first-order valence-corrected chi connectivity index (χ1v) is 5.23. The SMILES string of the molecule is CC(=O)[C@@H](NC(=O)c1ccncc1)C(C)C. The Bertz CT molecular complexity index is 374. The molecule has 0 radical (unpaired) electrons. The maximum atomic E-state index is 11.8. The first-order chi connectivity index (χ1) is 7.52. The molecule has 0 fully saturated rings. The molecule has 1 heterocycles. The monoisotopic (exact) mass is 220 g/mol. The van der Waals surface area contributed by atoms with Crippen molar-refractivity contribution >= 4 is 11.7 Å². The Morgan fingerprint density at radius 1 is 1.25 bits per heavy atom. The van der Waals surface area contributed by atoms with Crippen LogP contribution in [0.2, 0.25) is 0 Å². The Morgan fingerprint density at radius 3 is 2.25 bits per heavy atom. The standard InChI is InChI=1S/C12H16N2O2/c1-8(2)11(9(3)15)14-12(16)10-4-6-13-7-5-10/h4-8,11H,1-3H3,(H,14,16)/t11-/m0/s1. The van der Waals surface area contributed by atoms with Gasteiger partial charge in [-0.15, -0.1) is 0 Å². The summed E-state index contributed by atoms with van der Waals surface area (Å²) in [5.74, 6) is -0.183. The van der Waals surface area contributed by atoms with Gasteiger partial charge in [0.15, 0.2) is 5.78 Å². The molecule has 86 valence electrons. The minimum Gasteiger partial charge on any atom is -0.342 e. The van der Waals surface area contributed by atoms with Crippen LogP contribution in [0.1, 0.15) is 31.1 Å². The second-order valence-electron chi connectivity index (χ2n) is 4.04. The van der Waals surface area contributed by atoms with Gasteiger partial charge in [0, 0.05) is 18.0 Å². The molecular formula is C12H16N2O2. The molecule has 1 aromatic rings. The number of rotatable bonds is 4. The molecule has 0 aliphatic rings. The maximum Gasteiger partial charge on any atom is 0.251 e. The van der Waals surface area contributed by atoms with E-state index in [2.05, 4.69) is 10.3 Å². The molecule has 0 saturated heterocycles. The Balaban J connectivity index is 2.74. The number of aromatic nitrogens is 1. The van der Waals surface area contributed by atoms with Gasteiger partial charge in [0.1, 0.15) is 0 Å². The van der Waals surface area contributed by atoms with Crippen LogP contribution in [0, 0.1) is 5.92 Å². The third kappa shape index (κ3) is 3.15. The molecule has 0 aromatic carbocycles. The van der Waals surface area contributed by atoms with Crippen molar-refractivity contribution in [1.82, 2.24) is 10.3 Å². The normalized spacial score (nSPS) is 12.2. The summed E-state index contributed by atoms with van der Waals surface area (Å²) in [5, 5.41) is 2.72. The average molecular weight is 220 g/mol. The molecule has 1 atom stereocenters. The number of ketones is 1. The highest BCUT2D eigenvalue weighted by Gasteiger charge is 2.20. The van der Waals surface area contributed by atoms with Crippen LogP contribution in [0.15, 0.2) is 24.5 Å². The smallest absolute Gasteiger partial charge is 0.251 e. The molecule has 0 unspecified atom stereocenters. The summed E-state index contributed by atoms with van der Waals surface area (Å²) in [4.78, 5) is 26.9. The van der Waals surface area contributed by atoms with Crippen molar-refractivity contribution in [3.63, 3.8) is 0 Å². The van der Waals surface area contributed by atoms with Crippen LogP contribution in [-0.2, 0) is 4.79 Å². The van der Waals surface area contributed by atoms with E-state index in [9.17, 15) is 9.59 Å². The van der Waals surface area contributed by atoms with Crippen LogP contribution in [0.4, 0.5) is 0 Å². The molecule has 4 heteroatoms. The minimum atomic E-state index is -0.430. The zero-order valence-electron chi connectivity index (χ0n) is 9.73. The summed E-state index contributed by atoms with van der Waals surface area (Å²) in [5.41, 5.74) is 0.516. The van der Waals surface area contributed by atoms with Gasteiger partial charge in [0.25, 0.3) is 5.91 Å². The summed E-state index contributed by atoms with van der Waals surface area (Å²) < 4.78 is 0. The van der Waals surface area contributed by atoms with Crippen molar-refractivity contribution in [2.45, 2.75) is 26.8 Å². The number of Topliss-reactive ketones (excluding diaryl/α,β-unsaturated/α-hetero) is 1. The van der Waals surface area contributed by atoms with Crippen LogP contribution < -0.4 is 5.32 Å². The lowest BCUT2D eigenvalue weighted by molar-refractivity contribution is -0.119. The topological polar surface area (TPSA) is 59.1 Å². The Hall–Kier alpha value is -1.71. The molecule has 1 N–H and O–H groups in total. The zero-order valence-corrected chi connectivity index (χ0v) is 9.73. The average Bonchev–Trinajstić information content (AvgIpc) is 2.25. The van der Waals surface area contributed by atoms with Crippen LogP contribution in [0.25, 0.3) is 0 Å². The number of carbonyl (C=O) groups excluding carboxylic acids is 2. The number of nitrogens with zero attached hydrogens (tertiary/aromatic N) is 1. The number of nitrogens with one attached hydrogen (secondary N) is 1. The van der Waals surface area contributed by atoms with E-state index in [0.29, 0.717) is 5.56 Å². The van der Waals surface area contributed by atoms with E-state index in [0.717, 1.165) is 0 Å². The quantitative estimate of drug-likeness (QED) is 0.835. The highest BCUT2D eigenvalue weighted by molar-refractivity contribution is 5.97. The van der Waals surface area contributed by atoms with Crippen molar-refractivity contribution in [3.8, 4) is 0 Å². The van der Waals surface area contributed by atoms with E-state index in [4.69, 9.17) is 0 Å². The van der Waals surface area contributed by atoms with E-state index < -0.39 is 6.04 Å². The third-order valence-corrected chi connectivity index (χ3v) is 2.33. The van der Waals surface area contributed by atoms with Crippen molar-refractivity contribution in [3.05, 3.63) is 30.1 Å². The second kappa shape index (κ2) is 5.39. The van der Waals surface area contributed by atoms with Gasteiger partial charge < -0.3 is 5.32 Å². The zero-order chi connectivity index (χ0) is 12.1. The summed E-state index contributed by atoms with van der Waals surface area (Å²) in [6, 6.07) is 2.81. The molecule has 0 aliphatic carbocycles. The van der Waals surface area contributed by atoms with E-state index in [-0.39, 0.29) is 17.6 Å². The van der Waals surface area contributed by atoms with E-state index in [1.54, 1.807) is 24.5 Å². The molecule has 1 rings (SSSR count). The Labute approximate surface area is 95.1 Å². The first-order valence-electron chi connectivity index (χ1n) is 5.23. The van der Waals surface area contributed by atoms with Gasteiger partial charge in [-0.05, 0) is 25.0 Å². The summed E-state index contributed by atoms with van der Waals surface area (Å²) in [6.45, 7) is 5.29. The van der Waals surface area contributed by atoms with Crippen LogP contribution >= 0.6 is 0 Å². The summed E-state index contributed by atoms with van der Waals surface area (Å²) in [6.07, 6.45) is 3.10. The van der Waals surface area contributed by atoms with E-state index in [1.165, 1.54) is 6.92 Å². The van der Waals surface area contributed by atoms with Gasteiger partial charge in [-0.3, -0.25) is 14.6 Å². The number of amides is 1. The largest absolute Gasteiger partial charge is 0.342 e. The van der Waals surface area contributed by atoms with Crippen LogP contribution in [0.3, 0.4) is 0 Å². The lowest BCUT2D eigenvalue weighted by Gasteiger charge is -2.19. The second-order valence-corrected chi connectivity index (χ2v) is 4.04. The summed E-state index contributed by atoms with van der Waals surface area (Å²) >= 11 is 0. The molecule has 0 spiro atoms. The molecule has 4 nitrogen and oxygen atoms in total. The molecule has 1 aromatic heterocycles. The highest BCUT2D eigenvalue weighted by Crippen LogP contribution is 2.05. The molecular weight excluding hydrogens is 204 g/mol. The van der Waals surface area contributed by atoms with Gasteiger partial charge in [0.05, 0.1) is 6.04 Å². The molecule has 16 heavy (non-hydrogen) atoms. The van der Waals surface area contributed by atoms with Crippen molar-refractivity contribution in [2.75, 3.05) is 0 Å². The maximum absolute atomic E-state index is 11.8.